The van der Waals surface area contributed by atoms with Crippen LogP contribution < -0.4 is 5.73 Å². The lowest BCUT2D eigenvalue weighted by Gasteiger charge is -1.90. The van der Waals surface area contributed by atoms with Crippen molar-refractivity contribution in [1.82, 2.24) is 10.2 Å². The van der Waals surface area contributed by atoms with Crippen molar-refractivity contribution in [1.29, 1.82) is 0 Å². The van der Waals surface area contributed by atoms with Crippen LogP contribution in [0.4, 0.5) is 5.69 Å². The second kappa shape index (κ2) is 2.16. The molecular weight excluding hydrogens is 142 g/mol. The summed E-state index contributed by atoms with van der Waals surface area (Å²) < 4.78 is 4.89. The molecule has 2 rings (SSSR count). The second-order valence-electron chi connectivity index (χ2n) is 2.21. The molecule has 0 aliphatic carbocycles. The Bertz CT molecular complexity index is 336. The van der Waals surface area contributed by atoms with Gasteiger partial charge in [-0.3, -0.25) is 5.10 Å². The summed E-state index contributed by atoms with van der Waals surface area (Å²) in [5.74, 6) is 0. The van der Waals surface area contributed by atoms with Gasteiger partial charge in [0.25, 0.3) is 0 Å². The topological polar surface area (TPSA) is 67.8 Å². The van der Waals surface area contributed by atoms with Crippen LogP contribution in [-0.4, -0.2) is 10.2 Å². The summed E-state index contributed by atoms with van der Waals surface area (Å²) in [4.78, 5) is 0. The van der Waals surface area contributed by atoms with Gasteiger partial charge in [-0.1, -0.05) is 0 Å². The fourth-order valence-electron chi connectivity index (χ4n) is 0.933. The maximum Gasteiger partial charge on any atom is 0.0997 e. The van der Waals surface area contributed by atoms with E-state index in [0.717, 1.165) is 11.3 Å². The van der Waals surface area contributed by atoms with Gasteiger partial charge in [-0.25, -0.2) is 0 Å². The Hall–Kier alpha value is -1.71. The summed E-state index contributed by atoms with van der Waals surface area (Å²) in [7, 11) is 0. The van der Waals surface area contributed by atoms with Crippen LogP contribution in [0.1, 0.15) is 0 Å². The highest BCUT2D eigenvalue weighted by Crippen LogP contribution is 2.22. The van der Waals surface area contributed by atoms with E-state index in [1.807, 2.05) is 6.07 Å². The van der Waals surface area contributed by atoms with Crippen LogP contribution in [0.5, 0.6) is 0 Å². The molecule has 0 unspecified atom stereocenters. The van der Waals surface area contributed by atoms with E-state index in [2.05, 4.69) is 10.2 Å². The average Bonchev–Trinajstić information content (AvgIpc) is 2.55. The van der Waals surface area contributed by atoms with Gasteiger partial charge in [0.05, 0.1) is 30.1 Å². The summed E-state index contributed by atoms with van der Waals surface area (Å²) >= 11 is 0. The molecule has 0 saturated heterocycles. The third kappa shape index (κ3) is 0.881. The van der Waals surface area contributed by atoms with Crippen molar-refractivity contribution in [2.24, 2.45) is 0 Å². The molecule has 0 saturated carbocycles. The minimum atomic E-state index is 0.631. The van der Waals surface area contributed by atoms with Crippen LogP contribution >= 0.6 is 0 Å². The number of rotatable bonds is 1. The fraction of sp³-hybridized carbons (Fsp3) is 0. The van der Waals surface area contributed by atoms with Crippen molar-refractivity contribution < 1.29 is 4.42 Å². The number of H-pyrrole nitrogens is 1. The number of anilines is 1. The first-order chi connectivity index (χ1) is 5.38. The maximum absolute atomic E-state index is 5.60. The minimum absolute atomic E-state index is 0.631. The Morgan fingerprint density at radius 2 is 2.45 bits per heavy atom. The molecule has 0 aromatic carbocycles. The highest BCUT2D eigenvalue weighted by atomic mass is 16.3. The summed E-state index contributed by atoms with van der Waals surface area (Å²) in [6.07, 6.45) is 4.78. The van der Waals surface area contributed by atoms with Crippen LogP contribution in [0.25, 0.3) is 11.3 Å². The molecule has 0 amide bonds. The standard InChI is InChI=1S/C7H7N3O/c8-6-3-9-10-7(6)5-1-2-11-4-5/h1-4H,8H2,(H,9,10). The van der Waals surface area contributed by atoms with Crippen molar-refractivity contribution in [3.8, 4) is 11.3 Å². The molecule has 0 fully saturated rings. The first kappa shape index (κ1) is 6.03. The molecule has 0 spiro atoms. The molecule has 0 bridgehead atoms. The Balaban J connectivity index is 2.53. The van der Waals surface area contributed by atoms with Gasteiger partial charge >= 0.3 is 0 Å². The van der Waals surface area contributed by atoms with Gasteiger partial charge in [-0.05, 0) is 6.07 Å². The number of nitrogens with zero attached hydrogens (tertiary/aromatic N) is 1. The summed E-state index contributed by atoms with van der Waals surface area (Å²) in [5, 5.41) is 6.56. The monoisotopic (exact) mass is 149 g/mol. The zero-order valence-corrected chi connectivity index (χ0v) is 5.74. The van der Waals surface area contributed by atoms with Crippen LogP contribution in [0, 0.1) is 0 Å². The number of hydrogen-bond acceptors (Lipinski definition) is 3. The van der Waals surface area contributed by atoms with Gasteiger partial charge in [-0.2, -0.15) is 5.10 Å². The van der Waals surface area contributed by atoms with Crippen LogP contribution in [0.2, 0.25) is 0 Å². The summed E-state index contributed by atoms with van der Waals surface area (Å²) in [6, 6.07) is 1.82. The van der Waals surface area contributed by atoms with Gasteiger partial charge in [0.2, 0.25) is 0 Å². The molecule has 11 heavy (non-hydrogen) atoms. The maximum atomic E-state index is 5.60. The predicted molar refractivity (Wildman–Crippen MR) is 40.7 cm³/mol. The molecule has 0 aliphatic rings. The van der Waals surface area contributed by atoms with E-state index in [0.29, 0.717) is 5.69 Å². The predicted octanol–water partition coefficient (Wildman–Crippen LogP) is 1.25. The van der Waals surface area contributed by atoms with E-state index in [9.17, 15) is 0 Å². The molecule has 0 atom stereocenters. The molecule has 2 aromatic heterocycles. The first-order valence-electron chi connectivity index (χ1n) is 3.19. The molecule has 0 radical (unpaired) electrons. The van der Waals surface area contributed by atoms with E-state index in [1.54, 1.807) is 18.7 Å². The normalized spacial score (nSPS) is 10.2. The quantitative estimate of drug-likeness (QED) is 0.641. The van der Waals surface area contributed by atoms with E-state index < -0.39 is 0 Å². The Labute approximate surface area is 63.0 Å². The average molecular weight is 149 g/mol. The molecule has 3 N–H and O–H groups in total. The summed E-state index contributed by atoms with van der Waals surface area (Å²) in [5.41, 5.74) is 7.95. The number of nitrogen functional groups attached to an aromatic ring is 1. The largest absolute Gasteiger partial charge is 0.472 e. The van der Waals surface area contributed by atoms with Crippen molar-refractivity contribution in [2.45, 2.75) is 0 Å². The number of nitrogens with two attached hydrogens (primary N) is 1. The number of aromatic amines is 1. The highest BCUT2D eigenvalue weighted by molar-refractivity contribution is 5.70. The van der Waals surface area contributed by atoms with Gasteiger partial charge in [0.1, 0.15) is 0 Å². The molecule has 4 heteroatoms. The Kier molecular flexibility index (Phi) is 1.18. The molecule has 2 aromatic rings. The Morgan fingerprint density at radius 3 is 3.00 bits per heavy atom. The zero-order chi connectivity index (χ0) is 7.68. The van der Waals surface area contributed by atoms with Gasteiger partial charge in [0, 0.05) is 5.56 Å². The third-order valence-electron chi connectivity index (χ3n) is 1.48. The molecule has 0 aliphatic heterocycles. The smallest absolute Gasteiger partial charge is 0.0997 e. The van der Waals surface area contributed by atoms with Crippen molar-refractivity contribution in [3.05, 3.63) is 24.8 Å². The Morgan fingerprint density at radius 1 is 1.55 bits per heavy atom. The first-order valence-corrected chi connectivity index (χ1v) is 3.19. The van der Waals surface area contributed by atoms with Gasteiger partial charge < -0.3 is 10.2 Å². The lowest BCUT2D eigenvalue weighted by atomic mass is 10.2. The minimum Gasteiger partial charge on any atom is -0.472 e. The molecule has 56 valence electrons. The third-order valence-corrected chi connectivity index (χ3v) is 1.48. The zero-order valence-electron chi connectivity index (χ0n) is 5.74. The van der Waals surface area contributed by atoms with E-state index in [-0.39, 0.29) is 0 Å². The SMILES string of the molecule is Nc1cn[nH]c1-c1ccoc1. The number of nitrogens with one attached hydrogen (secondary N) is 1. The van der Waals surface area contributed by atoms with Crippen molar-refractivity contribution in [2.75, 3.05) is 5.73 Å². The van der Waals surface area contributed by atoms with E-state index >= 15 is 0 Å². The van der Waals surface area contributed by atoms with Gasteiger partial charge in [-0.15, -0.1) is 0 Å². The lowest BCUT2D eigenvalue weighted by molar-refractivity contribution is 0.568. The fourth-order valence-corrected chi connectivity index (χ4v) is 0.933. The number of furan rings is 1. The molecule has 4 nitrogen and oxygen atoms in total. The van der Waals surface area contributed by atoms with Crippen LogP contribution in [0.3, 0.4) is 0 Å². The van der Waals surface area contributed by atoms with E-state index in [4.69, 9.17) is 10.2 Å². The van der Waals surface area contributed by atoms with Gasteiger partial charge in [0.15, 0.2) is 0 Å². The number of aromatic nitrogens is 2. The molecular formula is C7H7N3O. The van der Waals surface area contributed by atoms with Crippen LogP contribution in [0.15, 0.2) is 29.2 Å². The summed E-state index contributed by atoms with van der Waals surface area (Å²) in [6.45, 7) is 0. The van der Waals surface area contributed by atoms with Crippen molar-refractivity contribution in [3.63, 3.8) is 0 Å². The number of hydrogen-bond donors (Lipinski definition) is 2. The van der Waals surface area contributed by atoms with Crippen LogP contribution in [-0.2, 0) is 0 Å². The lowest BCUT2D eigenvalue weighted by Crippen LogP contribution is -1.83. The van der Waals surface area contributed by atoms with E-state index in [1.165, 1.54) is 0 Å². The second-order valence-corrected chi connectivity index (χ2v) is 2.21. The highest BCUT2D eigenvalue weighted by Gasteiger charge is 2.03. The van der Waals surface area contributed by atoms with Crippen molar-refractivity contribution >= 4 is 5.69 Å². The molecule has 2 heterocycles.